The number of phenolic OH excluding ortho intramolecular Hbond substituents is 1. The molecule has 0 aliphatic carbocycles. The number of hydrogen-bond donors (Lipinski definition) is 2. The number of hydrogen-bond acceptors (Lipinski definition) is 5. The van der Waals surface area contributed by atoms with Crippen LogP contribution in [0, 0.1) is 0 Å². The van der Waals surface area contributed by atoms with Gasteiger partial charge in [-0.25, -0.2) is 5.43 Å². The van der Waals surface area contributed by atoms with Crippen LogP contribution >= 0.6 is 15.9 Å². The van der Waals surface area contributed by atoms with Gasteiger partial charge in [0.15, 0.2) is 21.9 Å². The molecule has 0 saturated heterocycles. The summed E-state index contributed by atoms with van der Waals surface area (Å²) in [7, 11) is 0. The summed E-state index contributed by atoms with van der Waals surface area (Å²) in [6, 6.07) is 8.14. The van der Waals surface area contributed by atoms with Gasteiger partial charge in [-0.05, 0) is 47.1 Å². The second-order valence-electron chi connectivity index (χ2n) is 3.93. The maximum absolute atomic E-state index is 11.7. The Morgan fingerprint density at radius 3 is 2.95 bits per heavy atom. The molecule has 6 nitrogen and oxygen atoms in total. The normalized spacial score (nSPS) is 10.8. The van der Waals surface area contributed by atoms with Gasteiger partial charge in [0.1, 0.15) is 0 Å². The molecule has 0 radical (unpaired) electrons. The Kier molecular flexibility index (Phi) is 4.99. The number of carbonyl (C=O) groups is 1. The molecule has 0 spiro atoms. The first-order chi connectivity index (χ1) is 10.1. The van der Waals surface area contributed by atoms with Crippen LogP contribution in [0.25, 0.3) is 0 Å². The number of benzene rings is 1. The van der Waals surface area contributed by atoms with Gasteiger partial charge in [-0.15, -0.1) is 0 Å². The molecule has 0 aliphatic rings. The monoisotopic (exact) mass is 352 g/mol. The van der Waals surface area contributed by atoms with E-state index >= 15 is 0 Å². The number of phenols is 1. The third kappa shape index (κ3) is 3.85. The van der Waals surface area contributed by atoms with E-state index in [-0.39, 0.29) is 11.5 Å². The smallest absolute Gasteiger partial charge is 0.307 e. The number of nitrogens with zero attached hydrogens (tertiary/aromatic N) is 1. The Morgan fingerprint density at radius 1 is 1.48 bits per heavy atom. The van der Waals surface area contributed by atoms with Crippen LogP contribution < -0.4 is 10.2 Å². The number of aromatic hydroxyl groups is 1. The van der Waals surface area contributed by atoms with E-state index in [1.54, 1.807) is 24.3 Å². The molecule has 0 fully saturated rings. The fraction of sp³-hybridized carbons (Fsp3) is 0.143. The first-order valence-electron chi connectivity index (χ1n) is 6.15. The number of ether oxygens (including phenoxy) is 1. The summed E-state index contributed by atoms with van der Waals surface area (Å²) in [5.41, 5.74) is 2.74. The molecule has 1 aromatic heterocycles. The lowest BCUT2D eigenvalue weighted by Gasteiger charge is -2.06. The van der Waals surface area contributed by atoms with Crippen LogP contribution in [0.5, 0.6) is 11.5 Å². The topological polar surface area (TPSA) is 84.1 Å². The predicted octanol–water partition coefficient (Wildman–Crippen LogP) is 2.91. The van der Waals surface area contributed by atoms with E-state index in [9.17, 15) is 9.90 Å². The highest BCUT2D eigenvalue weighted by Crippen LogP contribution is 2.28. The fourth-order valence-electron chi connectivity index (χ4n) is 1.57. The van der Waals surface area contributed by atoms with Crippen molar-refractivity contribution in [2.75, 3.05) is 6.61 Å². The Labute approximate surface area is 129 Å². The highest BCUT2D eigenvalue weighted by atomic mass is 79.9. The molecule has 0 saturated carbocycles. The van der Waals surface area contributed by atoms with Gasteiger partial charge in [-0.1, -0.05) is 6.07 Å². The van der Waals surface area contributed by atoms with Crippen molar-refractivity contribution in [1.29, 1.82) is 0 Å². The summed E-state index contributed by atoms with van der Waals surface area (Å²) < 4.78 is 10.8. The lowest BCUT2D eigenvalue weighted by atomic mass is 10.2. The van der Waals surface area contributed by atoms with Crippen LogP contribution in [-0.2, 0) is 0 Å². The Hall–Kier alpha value is -2.28. The molecule has 0 unspecified atom stereocenters. The van der Waals surface area contributed by atoms with E-state index in [1.807, 2.05) is 6.92 Å². The van der Waals surface area contributed by atoms with Crippen LogP contribution in [0.1, 0.15) is 23.0 Å². The van der Waals surface area contributed by atoms with Gasteiger partial charge >= 0.3 is 5.91 Å². The van der Waals surface area contributed by atoms with Crippen molar-refractivity contribution in [1.82, 2.24) is 5.43 Å². The summed E-state index contributed by atoms with van der Waals surface area (Å²) >= 11 is 3.11. The van der Waals surface area contributed by atoms with Gasteiger partial charge < -0.3 is 14.3 Å². The van der Waals surface area contributed by atoms with Gasteiger partial charge in [-0.3, -0.25) is 4.79 Å². The number of nitrogens with one attached hydrogen (secondary N) is 1. The number of amides is 1. The number of rotatable bonds is 5. The van der Waals surface area contributed by atoms with Crippen molar-refractivity contribution in [2.45, 2.75) is 6.92 Å². The second kappa shape index (κ2) is 6.94. The van der Waals surface area contributed by atoms with Crippen molar-refractivity contribution in [3.8, 4) is 11.5 Å². The number of halogens is 1. The first kappa shape index (κ1) is 15.1. The first-order valence-corrected chi connectivity index (χ1v) is 6.94. The van der Waals surface area contributed by atoms with Crippen LogP contribution in [0.4, 0.5) is 0 Å². The van der Waals surface area contributed by atoms with Gasteiger partial charge in [0.2, 0.25) is 0 Å². The summed E-state index contributed by atoms with van der Waals surface area (Å²) in [5, 5.41) is 13.7. The zero-order valence-corrected chi connectivity index (χ0v) is 12.8. The van der Waals surface area contributed by atoms with Gasteiger partial charge in [0.05, 0.1) is 12.8 Å². The van der Waals surface area contributed by atoms with Crippen LogP contribution in [0.2, 0.25) is 0 Å². The molecule has 2 aromatic rings. The van der Waals surface area contributed by atoms with Gasteiger partial charge in [0, 0.05) is 5.56 Å². The predicted molar refractivity (Wildman–Crippen MR) is 80.7 cm³/mol. The maximum atomic E-state index is 11.7. The lowest BCUT2D eigenvalue weighted by Crippen LogP contribution is -2.16. The summed E-state index contributed by atoms with van der Waals surface area (Å²) in [4.78, 5) is 11.7. The standard InChI is InChI=1S/C14H13BrN2O4/c1-2-20-10-5-3-4-9(13(10)18)8-16-17-14(19)11-6-7-12(15)21-11/h3-8,18H,2H2,1H3,(H,17,19). The molecule has 7 heteroatoms. The van der Waals surface area contributed by atoms with Crippen LogP contribution in [0.3, 0.4) is 0 Å². The molecule has 0 bridgehead atoms. The van der Waals surface area contributed by atoms with Crippen LogP contribution in [-0.4, -0.2) is 23.8 Å². The average Bonchev–Trinajstić information content (AvgIpc) is 2.89. The molecule has 2 rings (SSSR count). The van der Waals surface area contributed by atoms with Crippen molar-refractivity contribution in [3.05, 3.63) is 46.3 Å². The summed E-state index contributed by atoms with van der Waals surface area (Å²) in [6.45, 7) is 2.26. The highest BCUT2D eigenvalue weighted by molar-refractivity contribution is 9.10. The number of para-hydroxylation sites is 1. The fourth-order valence-corrected chi connectivity index (χ4v) is 1.87. The summed E-state index contributed by atoms with van der Waals surface area (Å²) in [6.07, 6.45) is 1.33. The number of carbonyl (C=O) groups excluding carboxylic acids is 1. The highest BCUT2D eigenvalue weighted by Gasteiger charge is 2.09. The molecule has 110 valence electrons. The Balaban J connectivity index is 2.04. The van der Waals surface area contributed by atoms with E-state index < -0.39 is 5.91 Å². The zero-order chi connectivity index (χ0) is 15.2. The van der Waals surface area contributed by atoms with Crippen molar-refractivity contribution in [2.24, 2.45) is 5.10 Å². The minimum atomic E-state index is -0.489. The van der Waals surface area contributed by atoms with Crippen molar-refractivity contribution < 1.29 is 19.1 Å². The number of furan rings is 1. The minimum absolute atomic E-state index is 0.0295. The zero-order valence-electron chi connectivity index (χ0n) is 11.2. The Morgan fingerprint density at radius 2 is 2.29 bits per heavy atom. The van der Waals surface area contributed by atoms with E-state index in [2.05, 4.69) is 26.5 Å². The second-order valence-corrected chi connectivity index (χ2v) is 4.71. The Bertz CT molecular complexity index is 667. The molecule has 1 aromatic carbocycles. The average molecular weight is 353 g/mol. The van der Waals surface area contributed by atoms with E-state index in [1.165, 1.54) is 12.3 Å². The summed E-state index contributed by atoms with van der Waals surface area (Å²) in [5.74, 6) is -0.0236. The largest absolute Gasteiger partial charge is 0.504 e. The van der Waals surface area contributed by atoms with Crippen LogP contribution in [0.15, 0.2) is 44.5 Å². The van der Waals surface area contributed by atoms with E-state index in [0.29, 0.717) is 22.6 Å². The molecular formula is C14H13BrN2O4. The molecule has 1 heterocycles. The molecule has 21 heavy (non-hydrogen) atoms. The van der Waals surface area contributed by atoms with Crippen molar-refractivity contribution in [3.63, 3.8) is 0 Å². The van der Waals surface area contributed by atoms with Gasteiger partial charge in [-0.2, -0.15) is 5.10 Å². The molecule has 2 N–H and O–H groups in total. The SMILES string of the molecule is CCOc1cccc(C=NNC(=O)c2ccc(Br)o2)c1O. The lowest BCUT2D eigenvalue weighted by molar-refractivity contribution is 0.0926. The molecule has 0 atom stereocenters. The van der Waals surface area contributed by atoms with E-state index in [4.69, 9.17) is 9.15 Å². The van der Waals surface area contributed by atoms with Gasteiger partial charge in [0.25, 0.3) is 0 Å². The van der Waals surface area contributed by atoms with E-state index in [0.717, 1.165) is 0 Å². The quantitative estimate of drug-likeness (QED) is 0.640. The molecule has 0 aliphatic heterocycles. The number of hydrazone groups is 1. The third-order valence-electron chi connectivity index (χ3n) is 2.50. The molecule has 1 amide bonds. The maximum Gasteiger partial charge on any atom is 0.307 e. The molecular weight excluding hydrogens is 340 g/mol. The minimum Gasteiger partial charge on any atom is -0.504 e. The van der Waals surface area contributed by atoms with Crippen molar-refractivity contribution >= 4 is 28.1 Å². The third-order valence-corrected chi connectivity index (χ3v) is 2.92.